The number of rotatable bonds is 10. The van der Waals surface area contributed by atoms with E-state index in [0.29, 0.717) is 36.1 Å². The van der Waals surface area contributed by atoms with Gasteiger partial charge in [-0.05, 0) is 37.3 Å². The minimum atomic E-state index is -0.242. The van der Waals surface area contributed by atoms with Gasteiger partial charge in [-0.15, -0.1) is 22.7 Å². The van der Waals surface area contributed by atoms with Crippen molar-refractivity contribution >= 4 is 39.4 Å². The lowest BCUT2D eigenvalue weighted by Crippen LogP contribution is -2.47. The standard InChI is InChI=1S/C31H33N5O2S2/c1-20(2)17-25(18-32-29(37)27-21(3)33-31-35(27)15-16-39-31)36(19-23-11-7-5-8-12-23)30(38)26-28(40-22(4)34-26)24-13-9-6-10-14-24/h5-16,20,25H,17-19H2,1-4H3,(H,32,37)/t25-/m1/s1. The highest BCUT2D eigenvalue weighted by atomic mass is 32.1. The summed E-state index contributed by atoms with van der Waals surface area (Å²) in [4.78, 5) is 40.6. The predicted octanol–water partition coefficient (Wildman–Crippen LogP) is 6.62. The van der Waals surface area contributed by atoms with Crippen molar-refractivity contribution in [1.29, 1.82) is 0 Å². The first kappa shape index (κ1) is 27.7. The Hall–Kier alpha value is -3.82. The molecule has 0 spiro atoms. The predicted molar refractivity (Wildman–Crippen MR) is 162 cm³/mol. The second-order valence-electron chi connectivity index (χ2n) is 10.3. The third kappa shape index (κ3) is 6.00. The zero-order valence-corrected chi connectivity index (χ0v) is 24.8. The van der Waals surface area contributed by atoms with E-state index in [-0.39, 0.29) is 17.9 Å². The highest BCUT2D eigenvalue weighted by Gasteiger charge is 2.31. The van der Waals surface area contributed by atoms with Crippen LogP contribution in [-0.4, -0.2) is 43.7 Å². The average molecular weight is 572 g/mol. The van der Waals surface area contributed by atoms with Crippen LogP contribution in [0.2, 0.25) is 0 Å². The third-order valence-electron chi connectivity index (χ3n) is 6.76. The zero-order valence-electron chi connectivity index (χ0n) is 23.1. The molecule has 0 bridgehead atoms. The summed E-state index contributed by atoms with van der Waals surface area (Å²) in [6.07, 6.45) is 2.59. The number of nitrogens with one attached hydrogen (secondary N) is 1. The molecule has 40 heavy (non-hydrogen) atoms. The first-order valence-electron chi connectivity index (χ1n) is 13.4. The van der Waals surface area contributed by atoms with Crippen LogP contribution in [0.4, 0.5) is 0 Å². The molecular weight excluding hydrogens is 539 g/mol. The number of aromatic nitrogens is 3. The van der Waals surface area contributed by atoms with Crippen molar-refractivity contribution in [2.45, 2.75) is 46.7 Å². The molecule has 0 aliphatic carbocycles. The van der Waals surface area contributed by atoms with Crippen LogP contribution in [0.25, 0.3) is 15.4 Å². The van der Waals surface area contributed by atoms with Crippen LogP contribution < -0.4 is 5.32 Å². The molecule has 1 N–H and O–H groups in total. The molecular formula is C31H33N5O2S2. The maximum absolute atomic E-state index is 14.4. The maximum Gasteiger partial charge on any atom is 0.274 e. The van der Waals surface area contributed by atoms with Crippen LogP contribution in [0.1, 0.15) is 57.5 Å². The van der Waals surface area contributed by atoms with E-state index in [9.17, 15) is 9.59 Å². The summed E-state index contributed by atoms with van der Waals surface area (Å²) in [7, 11) is 0. The summed E-state index contributed by atoms with van der Waals surface area (Å²) in [5.74, 6) is -0.0227. The smallest absolute Gasteiger partial charge is 0.274 e. The summed E-state index contributed by atoms with van der Waals surface area (Å²) >= 11 is 3.02. The summed E-state index contributed by atoms with van der Waals surface area (Å²) in [6.45, 7) is 8.78. The lowest BCUT2D eigenvalue weighted by Gasteiger charge is -2.33. The molecule has 0 radical (unpaired) electrons. The number of aryl methyl sites for hydroxylation is 2. The number of fused-ring (bicyclic) bond motifs is 1. The Labute approximate surface area is 242 Å². The zero-order chi connectivity index (χ0) is 28.2. The van der Waals surface area contributed by atoms with Crippen LogP contribution in [0, 0.1) is 19.8 Å². The number of carbonyl (C=O) groups is 2. The van der Waals surface area contributed by atoms with Crippen LogP contribution in [-0.2, 0) is 6.54 Å². The van der Waals surface area contributed by atoms with Gasteiger partial charge in [0.25, 0.3) is 11.8 Å². The molecule has 9 heteroatoms. The number of hydrogen-bond acceptors (Lipinski definition) is 6. The molecule has 206 valence electrons. The van der Waals surface area contributed by atoms with E-state index < -0.39 is 0 Å². The van der Waals surface area contributed by atoms with Gasteiger partial charge in [-0.25, -0.2) is 9.97 Å². The Morgan fingerprint density at radius 3 is 2.40 bits per heavy atom. The van der Waals surface area contributed by atoms with Gasteiger partial charge in [0.15, 0.2) is 4.96 Å². The second-order valence-corrected chi connectivity index (χ2v) is 12.4. The average Bonchev–Trinajstić information content (AvgIpc) is 3.64. The second kappa shape index (κ2) is 12.1. The van der Waals surface area contributed by atoms with Gasteiger partial charge in [0.2, 0.25) is 0 Å². The van der Waals surface area contributed by atoms with E-state index in [1.165, 1.54) is 22.7 Å². The fourth-order valence-electron chi connectivity index (χ4n) is 4.97. The van der Waals surface area contributed by atoms with E-state index in [2.05, 4.69) is 24.1 Å². The van der Waals surface area contributed by atoms with E-state index in [0.717, 1.165) is 32.4 Å². The molecule has 7 nitrogen and oxygen atoms in total. The van der Waals surface area contributed by atoms with Gasteiger partial charge < -0.3 is 10.2 Å². The minimum absolute atomic E-state index is 0.132. The van der Waals surface area contributed by atoms with Crippen molar-refractivity contribution in [3.63, 3.8) is 0 Å². The molecule has 1 atom stereocenters. The van der Waals surface area contributed by atoms with Gasteiger partial charge in [-0.3, -0.25) is 14.0 Å². The number of carbonyl (C=O) groups excluding carboxylic acids is 2. The Bertz CT molecular complexity index is 1600. The summed E-state index contributed by atoms with van der Waals surface area (Å²) < 4.78 is 1.82. The molecule has 0 unspecified atom stereocenters. The van der Waals surface area contributed by atoms with Gasteiger partial charge in [0.1, 0.15) is 11.4 Å². The fraction of sp³-hybridized carbons (Fsp3) is 0.290. The molecule has 5 aromatic rings. The number of nitrogens with zero attached hydrogens (tertiary/aromatic N) is 4. The Kier molecular flexibility index (Phi) is 8.42. The van der Waals surface area contributed by atoms with Crippen molar-refractivity contribution in [1.82, 2.24) is 24.6 Å². The highest BCUT2D eigenvalue weighted by molar-refractivity contribution is 7.15. The largest absolute Gasteiger partial charge is 0.349 e. The van der Waals surface area contributed by atoms with Crippen molar-refractivity contribution in [3.05, 3.63) is 99.9 Å². The van der Waals surface area contributed by atoms with E-state index >= 15 is 0 Å². The number of imidazole rings is 1. The van der Waals surface area contributed by atoms with Gasteiger partial charge in [0, 0.05) is 24.7 Å². The van der Waals surface area contributed by atoms with E-state index in [4.69, 9.17) is 4.98 Å². The van der Waals surface area contributed by atoms with Crippen LogP contribution in [0.5, 0.6) is 0 Å². The van der Waals surface area contributed by atoms with Crippen molar-refractivity contribution < 1.29 is 9.59 Å². The summed E-state index contributed by atoms with van der Waals surface area (Å²) in [5.41, 5.74) is 3.67. The fourth-order valence-corrected chi connectivity index (χ4v) is 6.64. The van der Waals surface area contributed by atoms with Crippen molar-refractivity contribution in [3.8, 4) is 10.4 Å². The topological polar surface area (TPSA) is 79.6 Å². The van der Waals surface area contributed by atoms with Crippen molar-refractivity contribution in [2.24, 2.45) is 5.92 Å². The SMILES string of the molecule is Cc1nc(C(=O)N(Cc2ccccc2)[C@@H](CNC(=O)c2c(C)nc3sccn23)CC(C)C)c(-c2ccccc2)s1. The van der Waals surface area contributed by atoms with Gasteiger partial charge >= 0.3 is 0 Å². The number of amides is 2. The third-order valence-corrected chi connectivity index (χ3v) is 8.54. The molecule has 3 heterocycles. The molecule has 0 fully saturated rings. The van der Waals surface area contributed by atoms with E-state index in [1.54, 1.807) is 0 Å². The quantitative estimate of drug-likeness (QED) is 0.204. The Morgan fingerprint density at radius 2 is 1.70 bits per heavy atom. The first-order valence-corrected chi connectivity index (χ1v) is 15.1. The lowest BCUT2D eigenvalue weighted by atomic mass is 10.0. The number of hydrogen-bond donors (Lipinski definition) is 1. The molecule has 5 rings (SSSR count). The van der Waals surface area contributed by atoms with Gasteiger partial charge in [-0.1, -0.05) is 74.5 Å². The van der Waals surface area contributed by atoms with Crippen molar-refractivity contribution in [2.75, 3.05) is 6.54 Å². The summed E-state index contributed by atoms with van der Waals surface area (Å²) in [6, 6.07) is 19.7. The molecule has 0 aliphatic rings. The van der Waals surface area contributed by atoms with Crippen LogP contribution in [0.3, 0.4) is 0 Å². The molecule has 0 aliphatic heterocycles. The monoisotopic (exact) mass is 571 g/mol. The first-order chi connectivity index (χ1) is 19.3. The number of thiazole rings is 2. The number of benzene rings is 2. The lowest BCUT2D eigenvalue weighted by molar-refractivity contribution is 0.0619. The molecule has 2 aromatic carbocycles. The Morgan fingerprint density at radius 1 is 1.00 bits per heavy atom. The molecule has 2 amide bonds. The van der Waals surface area contributed by atoms with Crippen LogP contribution >= 0.6 is 22.7 Å². The van der Waals surface area contributed by atoms with Gasteiger partial charge in [-0.2, -0.15) is 0 Å². The molecule has 0 saturated carbocycles. The van der Waals surface area contributed by atoms with E-state index in [1.807, 2.05) is 95.4 Å². The summed E-state index contributed by atoms with van der Waals surface area (Å²) in [5, 5.41) is 5.89. The normalized spacial score (nSPS) is 12.1. The molecule has 3 aromatic heterocycles. The van der Waals surface area contributed by atoms with Gasteiger partial charge in [0.05, 0.1) is 21.6 Å². The molecule has 0 saturated heterocycles. The minimum Gasteiger partial charge on any atom is -0.349 e. The van der Waals surface area contributed by atoms with Crippen LogP contribution in [0.15, 0.2) is 72.2 Å². The highest BCUT2D eigenvalue weighted by Crippen LogP contribution is 2.32. The maximum atomic E-state index is 14.4. The Balaban J connectivity index is 1.48.